The molecule has 0 heterocycles. The third-order valence-corrected chi connectivity index (χ3v) is 4.60. The second-order valence-corrected chi connectivity index (χ2v) is 6.37. The predicted octanol–water partition coefficient (Wildman–Crippen LogP) is 2.98. The Morgan fingerprint density at radius 1 is 1.20 bits per heavy atom. The van der Waals surface area contributed by atoms with Crippen LogP contribution in [0.4, 0.5) is 0 Å². The molecule has 2 aliphatic carbocycles. The molecule has 0 spiro atoms. The summed E-state index contributed by atoms with van der Waals surface area (Å²) in [6, 6.07) is 0.367. The van der Waals surface area contributed by atoms with E-state index in [-0.39, 0.29) is 17.7 Å². The van der Waals surface area contributed by atoms with Crippen molar-refractivity contribution in [1.82, 2.24) is 4.90 Å². The maximum absolute atomic E-state index is 12.6. The Labute approximate surface area is 120 Å². The Balaban J connectivity index is 2.03. The van der Waals surface area contributed by atoms with Crippen molar-refractivity contribution in [2.45, 2.75) is 63.8 Å². The van der Waals surface area contributed by atoms with Crippen molar-refractivity contribution in [2.75, 3.05) is 6.54 Å². The summed E-state index contributed by atoms with van der Waals surface area (Å²) in [4.78, 5) is 25.6. The van der Waals surface area contributed by atoms with Gasteiger partial charge in [0, 0.05) is 19.0 Å². The Hall–Kier alpha value is -1.32. The minimum atomic E-state index is -0.776. The van der Waals surface area contributed by atoms with Crippen molar-refractivity contribution in [3.05, 3.63) is 12.7 Å². The Kier molecular flexibility index (Phi) is 4.84. The number of amides is 1. The fourth-order valence-corrected chi connectivity index (χ4v) is 3.44. The second-order valence-electron chi connectivity index (χ2n) is 6.37. The molecule has 0 aromatic rings. The van der Waals surface area contributed by atoms with Gasteiger partial charge in [-0.05, 0) is 31.1 Å². The van der Waals surface area contributed by atoms with Crippen LogP contribution in [0.15, 0.2) is 12.7 Å². The highest BCUT2D eigenvalue weighted by molar-refractivity contribution is 5.79. The lowest BCUT2D eigenvalue weighted by molar-refractivity contribution is -0.142. The van der Waals surface area contributed by atoms with Gasteiger partial charge in [-0.25, -0.2) is 0 Å². The molecular formula is C16H25NO3. The van der Waals surface area contributed by atoms with Crippen LogP contribution in [0.3, 0.4) is 0 Å². The lowest BCUT2D eigenvalue weighted by Gasteiger charge is -2.37. The zero-order valence-corrected chi connectivity index (χ0v) is 12.1. The average molecular weight is 279 g/mol. The van der Waals surface area contributed by atoms with E-state index in [1.807, 2.05) is 4.90 Å². The van der Waals surface area contributed by atoms with E-state index in [0.29, 0.717) is 19.0 Å². The van der Waals surface area contributed by atoms with Gasteiger partial charge in [0.05, 0.1) is 6.42 Å². The maximum Gasteiger partial charge on any atom is 0.303 e. The molecule has 4 nitrogen and oxygen atoms in total. The molecule has 4 heteroatoms. The molecule has 2 aliphatic rings. The van der Waals surface area contributed by atoms with Gasteiger partial charge < -0.3 is 10.0 Å². The van der Waals surface area contributed by atoms with Crippen LogP contribution in [0.2, 0.25) is 0 Å². The van der Waals surface area contributed by atoms with Gasteiger partial charge in [-0.15, -0.1) is 6.58 Å². The Morgan fingerprint density at radius 3 is 2.35 bits per heavy atom. The number of aliphatic carboxylic acids is 1. The molecule has 112 valence electrons. The van der Waals surface area contributed by atoms with Crippen LogP contribution in [0.5, 0.6) is 0 Å². The van der Waals surface area contributed by atoms with E-state index in [4.69, 9.17) is 5.11 Å². The van der Waals surface area contributed by atoms with Crippen LogP contribution in [0.25, 0.3) is 0 Å². The van der Waals surface area contributed by atoms with Crippen molar-refractivity contribution in [2.24, 2.45) is 5.41 Å². The molecule has 1 amide bonds. The highest BCUT2D eigenvalue weighted by Crippen LogP contribution is 2.43. The van der Waals surface area contributed by atoms with E-state index < -0.39 is 5.97 Å². The third-order valence-electron chi connectivity index (χ3n) is 4.60. The van der Waals surface area contributed by atoms with Crippen LogP contribution in [0, 0.1) is 5.41 Å². The number of rotatable bonds is 7. The summed E-state index contributed by atoms with van der Waals surface area (Å²) in [6.45, 7) is 4.31. The van der Waals surface area contributed by atoms with Gasteiger partial charge in [-0.2, -0.15) is 0 Å². The summed E-state index contributed by atoms with van der Waals surface area (Å²) in [5.41, 5.74) is -0.310. The summed E-state index contributed by atoms with van der Waals surface area (Å²) >= 11 is 0. The van der Waals surface area contributed by atoms with E-state index in [9.17, 15) is 9.59 Å². The summed E-state index contributed by atoms with van der Waals surface area (Å²) in [7, 11) is 0. The third kappa shape index (κ3) is 3.84. The molecule has 0 aromatic heterocycles. The number of carboxylic acids is 1. The molecule has 0 aromatic carbocycles. The molecule has 0 bridgehead atoms. The van der Waals surface area contributed by atoms with Gasteiger partial charge in [0.2, 0.25) is 5.91 Å². The maximum atomic E-state index is 12.6. The van der Waals surface area contributed by atoms with Gasteiger partial charge in [0.25, 0.3) is 0 Å². The molecule has 0 radical (unpaired) electrons. The van der Waals surface area contributed by atoms with E-state index in [0.717, 1.165) is 44.9 Å². The molecule has 0 saturated heterocycles. The van der Waals surface area contributed by atoms with Gasteiger partial charge >= 0.3 is 5.97 Å². The normalized spacial score (nSPS) is 21.2. The fourth-order valence-electron chi connectivity index (χ4n) is 3.44. The van der Waals surface area contributed by atoms with E-state index >= 15 is 0 Å². The number of carboxylic acid groups (broad SMARTS) is 1. The molecule has 0 aliphatic heterocycles. The molecule has 2 saturated carbocycles. The van der Waals surface area contributed by atoms with E-state index in [2.05, 4.69) is 6.58 Å². The molecule has 0 unspecified atom stereocenters. The first-order valence-electron chi connectivity index (χ1n) is 7.68. The van der Waals surface area contributed by atoms with Crippen LogP contribution >= 0.6 is 0 Å². The van der Waals surface area contributed by atoms with Gasteiger partial charge in [0.15, 0.2) is 0 Å². The first kappa shape index (κ1) is 15.1. The van der Waals surface area contributed by atoms with Crippen LogP contribution in [-0.2, 0) is 9.59 Å². The molecular weight excluding hydrogens is 254 g/mol. The quantitative estimate of drug-likeness (QED) is 0.729. The lowest BCUT2D eigenvalue weighted by atomic mass is 9.69. The fraction of sp³-hybridized carbons (Fsp3) is 0.750. The van der Waals surface area contributed by atoms with Crippen molar-refractivity contribution in [3.63, 3.8) is 0 Å². The van der Waals surface area contributed by atoms with Crippen molar-refractivity contribution < 1.29 is 14.7 Å². The van der Waals surface area contributed by atoms with Crippen LogP contribution in [0.1, 0.15) is 57.8 Å². The second kappa shape index (κ2) is 6.42. The lowest BCUT2D eigenvalue weighted by Crippen LogP contribution is -2.39. The Bertz CT molecular complexity index is 381. The SMILES string of the molecule is C=CCN(C(=O)CC1(CC(=O)O)CCCCC1)C1CC1. The number of hydrogen-bond donors (Lipinski definition) is 1. The zero-order chi connectivity index (χ0) is 14.6. The highest BCUT2D eigenvalue weighted by Gasteiger charge is 2.40. The highest BCUT2D eigenvalue weighted by atomic mass is 16.4. The van der Waals surface area contributed by atoms with Gasteiger partial charge in [-0.3, -0.25) is 9.59 Å². The summed E-state index contributed by atoms with van der Waals surface area (Å²) in [6.07, 6.45) is 9.44. The summed E-state index contributed by atoms with van der Waals surface area (Å²) < 4.78 is 0. The average Bonchev–Trinajstić information content (AvgIpc) is 3.19. The largest absolute Gasteiger partial charge is 0.481 e. The predicted molar refractivity (Wildman–Crippen MR) is 77.3 cm³/mol. The minimum absolute atomic E-state index is 0.121. The number of carbonyl (C=O) groups excluding carboxylic acids is 1. The molecule has 1 N–H and O–H groups in total. The molecule has 2 fully saturated rings. The minimum Gasteiger partial charge on any atom is -0.481 e. The number of nitrogens with zero attached hydrogens (tertiary/aromatic N) is 1. The van der Waals surface area contributed by atoms with Gasteiger partial charge in [-0.1, -0.05) is 25.3 Å². The smallest absolute Gasteiger partial charge is 0.303 e. The number of hydrogen-bond acceptors (Lipinski definition) is 2. The standard InChI is InChI=1S/C16H25NO3/c1-2-10-17(13-6-7-13)14(18)11-16(12-15(19)20)8-4-3-5-9-16/h2,13H,1,3-12H2,(H,19,20). The van der Waals surface area contributed by atoms with Crippen LogP contribution < -0.4 is 0 Å². The van der Waals surface area contributed by atoms with Crippen molar-refractivity contribution in [3.8, 4) is 0 Å². The van der Waals surface area contributed by atoms with E-state index in [1.165, 1.54) is 0 Å². The summed E-state index contributed by atoms with van der Waals surface area (Å²) in [5, 5.41) is 9.17. The first-order valence-corrected chi connectivity index (χ1v) is 7.68. The zero-order valence-electron chi connectivity index (χ0n) is 12.1. The van der Waals surface area contributed by atoms with E-state index in [1.54, 1.807) is 6.08 Å². The van der Waals surface area contributed by atoms with Gasteiger partial charge in [0.1, 0.15) is 0 Å². The molecule has 20 heavy (non-hydrogen) atoms. The van der Waals surface area contributed by atoms with Crippen LogP contribution in [-0.4, -0.2) is 34.5 Å². The first-order chi connectivity index (χ1) is 9.56. The Morgan fingerprint density at radius 2 is 1.85 bits per heavy atom. The monoisotopic (exact) mass is 279 g/mol. The molecule has 0 atom stereocenters. The molecule has 2 rings (SSSR count). The summed E-state index contributed by atoms with van der Waals surface area (Å²) in [5.74, 6) is -0.656. The van der Waals surface area contributed by atoms with Crippen molar-refractivity contribution >= 4 is 11.9 Å². The topological polar surface area (TPSA) is 57.6 Å². The number of carbonyl (C=O) groups is 2. The van der Waals surface area contributed by atoms with Crippen molar-refractivity contribution in [1.29, 1.82) is 0 Å².